The Bertz CT molecular complexity index is 518. The van der Waals surface area contributed by atoms with Gasteiger partial charge in [-0.1, -0.05) is 19.3 Å². The molecule has 0 atom stereocenters. The molecule has 0 aliphatic heterocycles. The number of rotatable bonds is 5. The Morgan fingerprint density at radius 3 is 2.52 bits per heavy atom. The summed E-state index contributed by atoms with van der Waals surface area (Å²) < 4.78 is 0. The summed E-state index contributed by atoms with van der Waals surface area (Å²) in [7, 11) is 0. The zero-order valence-corrected chi connectivity index (χ0v) is 11.6. The number of carboxylic acid groups (broad SMARTS) is 1. The quantitative estimate of drug-likeness (QED) is 0.638. The Balaban J connectivity index is 2.11. The number of carbonyl (C=O) groups is 3. The van der Waals surface area contributed by atoms with E-state index < -0.39 is 24.0 Å². The molecule has 1 saturated carbocycles. The molecule has 1 aliphatic carbocycles. The van der Waals surface area contributed by atoms with Crippen LogP contribution >= 0.6 is 0 Å². The first kappa shape index (κ1) is 15.1. The zero-order chi connectivity index (χ0) is 15.3. The predicted molar refractivity (Wildman–Crippen MR) is 74.7 cm³/mol. The van der Waals surface area contributed by atoms with Gasteiger partial charge in [0.25, 0.3) is 5.91 Å². The molecule has 0 unspecified atom stereocenters. The molecule has 7 heteroatoms. The maximum atomic E-state index is 12.3. The molecule has 2 rings (SSSR count). The fourth-order valence-corrected chi connectivity index (χ4v) is 2.65. The molecule has 1 fully saturated rings. The SMILES string of the molecule is O=C(O)CNC(=O)C1(NC(=O)c2ccc[nH]2)CCCCC1. The number of H-pyrrole nitrogens is 1. The fraction of sp³-hybridized carbons (Fsp3) is 0.500. The lowest BCUT2D eigenvalue weighted by atomic mass is 9.80. The standard InChI is InChI=1S/C14H19N3O4/c18-11(19)9-16-13(21)14(6-2-1-3-7-14)17-12(20)10-5-4-8-15-10/h4-5,8,15H,1-3,6-7,9H2,(H,16,21)(H,17,20)(H,18,19). The van der Waals surface area contributed by atoms with Crippen molar-refractivity contribution in [1.29, 1.82) is 0 Å². The number of aliphatic carboxylic acids is 1. The third kappa shape index (κ3) is 3.62. The van der Waals surface area contributed by atoms with Crippen LogP contribution in [0.1, 0.15) is 42.6 Å². The van der Waals surface area contributed by atoms with Crippen LogP contribution in [0.5, 0.6) is 0 Å². The number of aromatic nitrogens is 1. The second-order valence-electron chi connectivity index (χ2n) is 5.26. The van der Waals surface area contributed by atoms with Crippen LogP contribution in [0.3, 0.4) is 0 Å². The molecule has 7 nitrogen and oxygen atoms in total. The van der Waals surface area contributed by atoms with E-state index in [0.717, 1.165) is 19.3 Å². The van der Waals surface area contributed by atoms with Crippen LogP contribution < -0.4 is 10.6 Å². The molecule has 2 amide bonds. The molecule has 1 heterocycles. The van der Waals surface area contributed by atoms with Crippen molar-refractivity contribution in [2.75, 3.05) is 6.54 Å². The van der Waals surface area contributed by atoms with E-state index in [2.05, 4.69) is 15.6 Å². The fourth-order valence-electron chi connectivity index (χ4n) is 2.65. The Labute approximate surface area is 122 Å². The van der Waals surface area contributed by atoms with Gasteiger partial charge in [-0.05, 0) is 25.0 Å². The molecule has 1 aliphatic rings. The van der Waals surface area contributed by atoms with Gasteiger partial charge in [-0.15, -0.1) is 0 Å². The van der Waals surface area contributed by atoms with Crippen molar-refractivity contribution in [3.63, 3.8) is 0 Å². The van der Waals surface area contributed by atoms with Crippen LogP contribution in [0.4, 0.5) is 0 Å². The van der Waals surface area contributed by atoms with Gasteiger partial charge in [-0.25, -0.2) is 0 Å². The van der Waals surface area contributed by atoms with E-state index in [1.807, 2.05) is 0 Å². The number of carboxylic acids is 1. The van der Waals surface area contributed by atoms with Gasteiger partial charge in [0.1, 0.15) is 17.8 Å². The third-order valence-corrected chi connectivity index (χ3v) is 3.74. The molecule has 114 valence electrons. The molecule has 4 N–H and O–H groups in total. The lowest BCUT2D eigenvalue weighted by molar-refractivity contribution is -0.139. The van der Waals surface area contributed by atoms with Crippen LogP contribution in [-0.2, 0) is 9.59 Å². The molecule has 21 heavy (non-hydrogen) atoms. The number of carbonyl (C=O) groups excluding carboxylic acids is 2. The summed E-state index contributed by atoms with van der Waals surface area (Å²) >= 11 is 0. The van der Waals surface area contributed by atoms with Crippen molar-refractivity contribution in [2.24, 2.45) is 0 Å². The number of hydrogen-bond acceptors (Lipinski definition) is 3. The first-order valence-corrected chi connectivity index (χ1v) is 6.99. The van der Waals surface area contributed by atoms with Crippen LogP contribution in [-0.4, -0.2) is 40.0 Å². The van der Waals surface area contributed by atoms with E-state index >= 15 is 0 Å². The van der Waals surface area contributed by atoms with Gasteiger partial charge in [0.2, 0.25) is 5.91 Å². The lowest BCUT2D eigenvalue weighted by Crippen LogP contribution is -2.60. The largest absolute Gasteiger partial charge is 0.480 e. The first-order valence-electron chi connectivity index (χ1n) is 6.99. The smallest absolute Gasteiger partial charge is 0.322 e. The summed E-state index contributed by atoms with van der Waals surface area (Å²) in [6, 6.07) is 3.33. The first-order chi connectivity index (χ1) is 10.0. The Hall–Kier alpha value is -2.31. The van der Waals surface area contributed by atoms with E-state index in [0.29, 0.717) is 18.5 Å². The molecule has 0 spiro atoms. The topological polar surface area (TPSA) is 111 Å². The molecule has 1 aromatic heterocycles. The zero-order valence-electron chi connectivity index (χ0n) is 11.6. The van der Waals surface area contributed by atoms with Crippen molar-refractivity contribution in [3.8, 4) is 0 Å². The summed E-state index contributed by atoms with van der Waals surface area (Å²) in [4.78, 5) is 37.9. The molecule has 0 saturated heterocycles. The summed E-state index contributed by atoms with van der Waals surface area (Å²) in [5, 5.41) is 13.8. The lowest BCUT2D eigenvalue weighted by Gasteiger charge is -2.36. The van der Waals surface area contributed by atoms with Crippen molar-refractivity contribution in [2.45, 2.75) is 37.6 Å². The maximum Gasteiger partial charge on any atom is 0.322 e. The minimum Gasteiger partial charge on any atom is -0.480 e. The minimum absolute atomic E-state index is 0.354. The average molecular weight is 293 g/mol. The highest BCUT2D eigenvalue weighted by atomic mass is 16.4. The number of nitrogens with one attached hydrogen (secondary N) is 3. The summed E-state index contributed by atoms with van der Waals surface area (Å²) in [5.41, 5.74) is -0.637. The Morgan fingerprint density at radius 2 is 1.95 bits per heavy atom. The Morgan fingerprint density at radius 1 is 1.24 bits per heavy atom. The molecular formula is C14H19N3O4. The van der Waals surface area contributed by atoms with Crippen LogP contribution in [0.25, 0.3) is 0 Å². The number of amides is 2. The van der Waals surface area contributed by atoms with Crippen molar-refractivity contribution in [3.05, 3.63) is 24.0 Å². The predicted octanol–water partition coefficient (Wildman–Crippen LogP) is 0.648. The molecule has 0 aromatic carbocycles. The van der Waals surface area contributed by atoms with Crippen molar-refractivity contribution < 1.29 is 19.5 Å². The normalized spacial score (nSPS) is 17.0. The minimum atomic E-state index is -1.11. The van der Waals surface area contributed by atoms with E-state index in [1.165, 1.54) is 0 Å². The molecule has 0 bridgehead atoms. The average Bonchev–Trinajstić information content (AvgIpc) is 3.00. The van der Waals surface area contributed by atoms with Crippen LogP contribution in [0, 0.1) is 0 Å². The van der Waals surface area contributed by atoms with Crippen molar-refractivity contribution in [1.82, 2.24) is 15.6 Å². The van der Waals surface area contributed by atoms with Crippen LogP contribution in [0.2, 0.25) is 0 Å². The summed E-state index contributed by atoms with van der Waals surface area (Å²) in [5.74, 6) is -1.89. The molecule has 1 aromatic rings. The van der Waals surface area contributed by atoms with Gasteiger partial charge in [0, 0.05) is 6.20 Å². The van der Waals surface area contributed by atoms with Gasteiger partial charge in [0.15, 0.2) is 0 Å². The second kappa shape index (κ2) is 6.43. The van der Waals surface area contributed by atoms with Gasteiger partial charge in [-0.2, -0.15) is 0 Å². The highest BCUT2D eigenvalue weighted by molar-refractivity contribution is 5.98. The Kier molecular flexibility index (Phi) is 4.62. The number of aromatic amines is 1. The maximum absolute atomic E-state index is 12.3. The van der Waals surface area contributed by atoms with E-state index in [1.54, 1.807) is 18.3 Å². The van der Waals surface area contributed by atoms with Gasteiger partial charge < -0.3 is 20.7 Å². The third-order valence-electron chi connectivity index (χ3n) is 3.74. The summed E-state index contributed by atoms with van der Waals surface area (Å²) in [6.07, 6.45) is 5.33. The summed E-state index contributed by atoms with van der Waals surface area (Å²) in [6.45, 7) is -0.445. The van der Waals surface area contributed by atoms with Gasteiger partial charge in [-0.3, -0.25) is 14.4 Å². The van der Waals surface area contributed by atoms with E-state index in [4.69, 9.17) is 5.11 Å². The van der Waals surface area contributed by atoms with E-state index in [-0.39, 0.29) is 5.91 Å². The van der Waals surface area contributed by atoms with Gasteiger partial charge >= 0.3 is 5.97 Å². The van der Waals surface area contributed by atoms with E-state index in [9.17, 15) is 14.4 Å². The molecule has 0 radical (unpaired) electrons. The highest BCUT2D eigenvalue weighted by Crippen LogP contribution is 2.28. The second-order valence-corrected chi connectivity index (χ2v) is 5.26. The highest BCUT2D eigenvalue weighted by Gasteiger charge is 2.41. The van der Waals surface area contributed by atoms with Gasteiger partial charge in [0.05, 0.1) is 0 Å². The monoisotopic (exact) mass is 293 g/mol. The molecular weight excluding hydrogens is 274 g/mol. The van der Waals surface area contributed by atoms with Crippen LogP contribution in [0.15, 0.2) is 18.3 Å². The number of hydrogen-bond donors (Lipinski definition) is 4. The van der Waals surface area contributed by atoms with Crippen molar-refractivity contribution >= 4 is 17.8 Å².